The molecular weight excluding hydrogens is 466 g/mol. The number of hydrogen-bond acceptors (Lipinski definition) is 6. The van der Waals surface area contributed by atoms with Crippen LogP contribution in [0.1, 0.15) is 12.0 Å². The number of hydrazine groups is 1. The molecule has 0 aromatic heterocycles. The average Bonchev–Trinajstić information content (AvgIpc) is 2.96. The molecule has 3 aromatic carbocycles. The highest BCUT2D eigenvalue weighted by atomic mass is 16.5. The molecule has 4 rings (SSSR count). The third kappa shape index (κ3) is 7.54. The quantitative estimate of drug-likeness (QED) is 0.303. The maximum atomic E-state index is 12.7. The van der Waals surface area contributed by atoms with E-state index in [-0.39, 0.29) is 6.03 Å². The number of methoxy groups -OCH3 is 2. The summed E-state index contributed by atoms with van der Waals surface area (Å²) in [7, 11) is 3.36. The van der Waals surface area contributed by atoms with Gasteiger partial charge in [-0.15, -0.1) is 0 Å². The van der Waals surface area contributed by atoms with E-state index in [1.807, 2.05) is 71.7 Å². The fraction of sp³-hybridized carbons (Fsp3) is 0.345. The minimum absolute atomic E-state index is 0.215. The Kier molecular flexibility index (Phi) is 9.48. The van der Waals surface area contributed by atoms with Crippen molar-refractivity contribution in [3.63, 3.8) is 0 Å². The highest BCUT2D eigenvalue weighted by Crippen LogP contribution is 2.28. The molecule has 1 aliphatic rings. The van der Waals surface area contributed by atoms with E-state index in [1.54, 1.807) is 14.2 Å². The zero-order chi connectivity index (χ0) is 25.9. The average molecular weight is 504 g/mol. The van der Waals surface area contributed by atoms with Crippen molar-refractivity contribution in [1.29, 1.82) is 0 Å². The van der Waals surface area contributed by atoms with Gasteiger partial charge in [0.15, 0.2) is 0 Å². The lowest BCUT2D eigenvalue weighted by Gasteiger charge is -2.36. The SMILES string of the molecule is COc1ccc(N(Cc2ccccc2)NC(=O)NCCCN2CCN(c3ccccc3OC)CC2)cc1. The summed E-state index contributed by atoms with van der Waals surface area (Å²) in [5, 5.41) is 4.86. The number of para-hydroxylation sites is 2. The van der Waals surface area contributed by atoms with Gasteiger partial charge in [-0.3, -0.25) is 9.91 Å². The summed E-state index contributed by atoms with van der Waals surface area (Å²) in [5.74, 6) is 1.69. The van der Waals surface area contributed by atoms with Crippen LogP contribution in [0.15, 0.2) is 78.9 Å². The van der Waals surface area contributed by atoms with Gasteiger partial charge in [-0.1, -0.05) is 42.5 Å². The van der Waals surface area contributed by atoms with E-state index in [0.29, 0.717) is 13.1 Å². The Hall–Kier alpha value is -3.91. The number of carbonyl (C=O) groups is 1. The standard InChI is InChI=1S/C29H37N5O3/c1-36-26-15-13-25(14-16-26)34(23-24-9-4-3-5-10-24)31-29(35)30-17-8-18-32-19-21-33(22-20-32)27-11-6-7-12-28(27)37-2/h3-7,9-16H,8,17-23H2,1-2H3,(H2,30,31,35). The van der Waals surface area contributed by atoms with Gasteiger partial charge in [0.05, 0.1) is 32.1 Å². The van der Waals surface area contributed by atoms with E-state index in [9.17, 15) is 4.79 Å². The van der Waals surface area contributed by atoms with Crippen molar-refractivity contribution in [2.24, 2.45) is 0 Å². The van der Waals surface area contributed by atoms with Crippen LogP contribution < -0.4 is 30.1 Å². The van der Waals surface area contributed by atoms with E-state index < -0.39 is 0 Å². The second-order valence-electron chi connectivity index (χ2n) is 8.99. The Balaban J connectivity index is 1.22. The van der Waals surface area contributed by atoms with E-state index in [1.165, 1.54) is 0 Å². The molecular formula is C29H37N5O3. The normalized spacial score (nSPS) is 13.6. The summed E-state index contributed by atoms with van der Waals surface area (Å²) in [5.41, 5.74) is 6.14. The highest BCUT2D eigenvalue weighted by Gasteiger charge is 2.19. The Morgan fingerprint density at radius 3 is 2.27 bits per heavy atom. The molecule has 1 fully saturated rings. The second-order valence-corrected chi connectivity index (χ2v) is 8.99. The number of benzene rings is 3. The number of amides is 2. The number of anilines is 2. The van der Waals surface area contributed by atoms with E-state index in [4.69, 9.17) is 9.47 Å². The first-order valence-electron chi connectivity index (χ1n) is 12.8. The third-order valence-corrected chi connectivity index (χ3v) is 6.54. The number of nitrogens with zero attached hydrogens (tertiary/aromatic N) is 3. The van der Waals surface area contributed by atoms with Crippen LogP contribution in [0.3, 0.4) is 0 Å². The molecule has 2 amide bonds. The van der Waals surface area contributed by atoms with Crippen LogP contribution in [0.5, 0.6) is 11.5 Å². The summed E-state index contributed by atoms with van der Waals surface area (Å²) in [6.07, 6.45) is 0.892. The maximum Gasteiger partial charge on any atom is 0.333 e. The topological polar surface area (TPSA) is 69.3 Å². The van der Waals surface area contributed by atoms with Gasteiger partial charge < -0.3 is 19.7 Å². The zero-order valence-corrected chi connectivity index (χ0v) is 21.7. The monoisotopic (exact) mass is 503 g/mol. The van der Waals surface area contributed by atoms with Crippen LogP contribution in [0, 0.1) is 0 Å². The number of hydrogen-bond donors (Lipinski definition) is 2. The minimum atomic E-state index is -0.215. The maximum absolute atomic E-state index is 12.7. The zero-order valence-electron chi connectivity index (χ0n) is 21.7. The Morgan fingerprint density at radius 1 is 0.865 bits per heavy atom. The van der Waals surface area contributed by atoms with E-state index in [0.717, 1.165) is 67.6 Å². The number of piperazine rings is 1. The van der Waals surface area contributed by atoms with Gasteiger partial charge in [0, 0.05) is 32.7 Å². The molecule has 2 N–H and O–H groups in total. The van der Waals surface area contributed by atoms with E-state index >= 15 is 0 Å². The van der Waals surface area contributed by atoms with Crippen LogP contribution in [0.25, 0.3) is 0 Å². The number of rotatable bonds is 11. The summed E-state index contributed by atoms with van der Waals surface area (Å²) in [6, 6.07) is 25.7. The molecule has 0 aliphatic carbocycles. The lowest BCUT2D eigenvalue weighted by Crippen LogP contribution is -2.48. The van der Waals surface area contributed by atoms with Gasteiger partial charge in [0.1, 0.15) is 11.5 Å². The molecule has 3 aromatic rings. The molecule has 0 atom stereocenters. The fourth-order valence-corrected chi connectivity index (χ4v) is 4.49. The van der Waals surface area contributed by atoms with Gasteiger partial charge >= 0.3 is 6.03 Å². The molecule has 0 spiro atoms. The molecule has 1 heterocycles. The summed E-state index contributed by atoms with van der Waals surface area (Å²) in [4.78, 5) is 17.6. The Morgan fingerprint density at radius 2 is 1.57 bits per heavy atom. The molecule has 0 unspecified atom stereocenters. The summed E-state index contributed by atoms with van der Waals surface area (Å²) < 4.78 is 10.8. The molecule has 1 aliphatic heterocycles. The lowest BCUT2D eigenvalue weighted by molar-refractivity contribution is 0.235. The van der Waals surface area contributed by atoms with Gasteiger partial charge in [-0.2, -0.15) is 0 Å². The largest absolute Gasteiger partial charge is 0.497 e. The predicted molar refractivity (Wildman–Crippen MR) is 148 cm³/mol. The first kappa shape index (κ1) is 26.2. The van der Waals surface area contributed by atoms with Crippen molar-refractivity contribution in [2.75, 3.05) is 63.4 Å². The Labute approximate surface area is 219 Å². The molecule has 37 heavy (non-hydrogen) atoms. The van der Waals surface area contributed by atoms with Crippen LogP contribution in [-0.2, 0) is 6.54 Å². The predicted octanol–water partition coefficient (Wildman–Crippen LogP) is 4.14. The van der Waals surface area contributed by atoms with Gasteiger partial charge in [0.2, 0.25) is 0 Å². The molecule has 8 nitrogen and oxygen atoms in total. The van der Waals surface area contributed by atoms with Crippen LogP contribution in [-0.4, -0.2) is 64.4 Å². The fourth-order valence-electron chi connectivity index (χ4n) is 4.49. The summed E-state index contributed by atoms with van der Waals surface area (Å²) in [6.45, 7) is 6.03. The molecule has 1 saturated heterocycles. The van der Waals surface area contributed by atoms with E-state index in [2.05, 4.69) is 32.7 Å². The molecule has 0 radical (unpaired) electrons. The van der Waals surface area contributed by atoms with Gasteiger partial charge in [-0.05, 0) is 54.9 Å². The Bertz CT molecular complexity index is 1100. The van der Waals surface area contributed by atoms with Crippen LogP contribution in [0.2, 0.25) is 0 Å². The number of nitrogens with one attached hydrogen (secondary N) is 2. The summed E-state index contributed by atoms with van der Waals surface area (Å²) >= 11 is 0. The number of ether oxygens (including phenoxy) is 2. The van der Waals surface area contributed by atoms with Crippen molar-refractivity contribution < 1.29 is 14.3 Å². The van der Waals surface area contributed by atoms with Gasteiger partial charge in [0.25, 0.3) is 0 Å². The molecule has 0 saturated carbocycles. The highest BCUT2D eigenvalue weighted by molar-refractivity contribution is 5.76. The second kappa shape index (κ2) is 13.4. The number of carbonyl (C=O) groups excluding carboxylic acids is 1. The van der Waals surface area contributed by atoms with Crippen molar-refractivity contribution in [2.45, 2.75) is 13.0 Å². The van der Waals surface area contributed by atoms with Crippen LogP contribution in [0.4, 0.5) is 16.2 Å². The van der Waals surface area contributed by atoms with Crippen LogP contribution >= 0.6 is 0 Å². The smallest absolute Gasteiger partial charge is 0.333 e. The molecule has 8 heteroatoms. The minimum Gasteiger partial charge on any atom is -0.497 e. The van der Waals surface area contributed by atoms with Gasteiger partial charge in [-0.25, -0.2) is 10.2 Å². The molecule has 0 bridgehead atoms. The first-order valence-corrected chi connectivity index (χ1v) is 12.8. The third-order valence-electron chi connectivity index (χ3n) is 6.54. The van der Waals surface area contributed by atoms with Crippen molar-refractivity contribution in [3.8, 4) is 11.5 Å². The molecule has 196 valence electrons. The van der Waals surface area contributed by atoms with Crippen molar-refractivity contribution in [1.82, 2.24) is 15.6 Å². The van der Waals surface area contributed by atoms with Crippen molar-refractivity contribution >= 4 is 17.4 Å². The number of urea groups is 1. The van der Waals surface area contributed by atoms with Crippen molar-refractivity contribution in [3.05, 3.63) is 84.4 Å². The lowest BCUT2D eigenvalue weighted by atomic mass is 10.2. The first-order chi connectivity index (χ1) is 18.2.